The normalized spacial score (nSPS) is 12.4. The number of hydrazine groups is 1. The smallest absolute Gasteiger partial charge is 0.0595 e. The van der Waals surface area contributed by atoms with E-state index in [1.807, 2.05) is 24.3 Å². The van der Waals surface area contributed by atoms with E-state index in [2.05, 4.69) is 46.2 Å². The molecule has 0 fully saturated rings. The van der Waals surface area contributed by atoms with Gasteiger partial charge in [-0.2, -0.15) is 0 Å². The predicted molar refractivity (Wildman–Crippen MR) is 89.4 cm³/mol. The first-order valence-corrected chi connectivity index (χ1v) is 7.59. The molecule has 0 saturated carbocycles. The molecule has 0 bridgehead atoms. The van der Waals surface area contributed by atoms with Crippen molar-refractivity contribution >= 4 is 45.8 Å². The molecule has 1 atom stereocenters. The Morgan fingerprint density at radius 3 is 2.53 bits per heavy atom. The Labute approximate surface area is 136 Å². The van der Waals surface area contributed by atoms with Crippen LogP contribution in [-0.2, 0) is 6.42 Å². The molecule has 2 rings (SSSR count). The monoisotopic (exact) mass is 406 g/mol. The Morgan fingerprint density at radius 1 is 1.11 bits per heavy atom. The Hall–Kier alpha value is -0.330. The number of nitrogens with one attached hydrogen (secondary N) is 1. The Kier molecular flexibility index (Phi) is 5.47. The third-order valence-corrected chi connectivity index (χ3v) is 4.29. The molecule has 0 aromatic heterocycles. The van der Waals surface area contributed by atoms with Gasteiger partial charge in [-0.25, -0.2) is 0 Å². The van der Waals surface area contributed by atoms with Gasteiger partial charge in [-0.15, -0.1) is 0 Å². The van der Waals surface area contributed by atoms with Gasteiger partial charge in [0.15, 0.2) is 0 Å². The van der Waals surface area contributed by atoms with E-state index in [1.54, 1.807) is 0 Å². The molecule has 0 aliphatic rings. The van der Waals surface area contributed by atoms with Crippen LogP contribution >= 0.6 is 45.8 Å². The first kappa shape index (κ1) is 15.1. The molecule has 5 heteroatoms. The van der Waals surface area contributed by atoms with Crippen molar-refractivity contribution in [1.82, 2.24) is 5.43 Å². The molecule has 1 unspecified atom stereocenters. The fourth-order valence-electron chi connectivity index (χ4n) is 1.90. The van der Waals surface area contributed by atoms with Crippen LogP contribution in [0.25, 0.3) is 0 Å². The average Bonchev–Trinajstić information content (AvgIpc) is 2.40. The van der Waals surface area contributed by atoms with Crippen LogP contribution in [0, 0.1) is 3.57 Å². The van der Waals surface area contributed by atoms with Crippen molar-refractivity contribution in [3.8, 4) is 0 Å². The number of hydrogen-bond donors (Lipinski definition) is 2. The van der Waals surface area contributed by atoms with Gasteiger partial charge in [-0.3, -0.25) is 11.3 Å². The maximum Gasteiger partial charge on any atom is 0.0595 e. The highest BCUT2D eigenvalue weighted by molar-refractivity contribution is 14.1. The van der Waals surface area contributed by atoms with E-state index >= 15 is 0 Å². The van der Waals surface area contributed by atoms with Gasteiger partial charge in [0.1, 0.15) is 0 Å². The molecule has 0 amide bonds. The molecular formula is C14H13Cl2IN2. The van der Waals surface area contributed by atoms with Crippen LogP contribution in [0.2, 0.25) is 10.0 Å². The summed E-state index contributed by atoms with van der Waals surface area (Å²) in [5.41, 5.74) is 5.10. The van der Waals surface area contributed by atoms with Crippen molar-refractivity contribution < 1.29 is 0 Å². The topological polar surface area (TPSA) is 38.0 Å². The molecule has 2 aromatic carbocycles. The summed E-state index contributed by atoms with van der Waals surface area (Å²) in [5.74, 6) is 5.66. The molecule has 0 heterocycles. The van der Waals surface area contributed by atoms with Crippen molar-refractivity contribution in [2.75, 3.05) is 0 Å². The number of benzene rings is 2. The highest BCUT2D eigenvalue weighted by Gasteiger charge is 2.11. The van der Waals surface area contributed by atoms with E-state index in [1.165, 1.54) is 3.57 Å². The van der Waals surface area contributed by atoms with Gasteiger partial charge in [0.2, 0.25) is 0 Å². The Balaban J connectivity index is 2.21. The molecule has 100 valence electrons. The first-order chi connectivity index (χ1) is 9.10. The number of halogens is 3. The molecule has 0 radical (unpaired) electrons. The maximum atomic E-state index is 6.03. The molecule has 0 saturated heterocycles. The van der Waals surface area contributed by atoms with Crippen molar-refractivity contribution in [1.29, 1.82) is 0 Å². The van der Waals surface area contributed by atoms with Crippen LogP contribution in [0.1, 0.15) is 17.2 Å². The Bertz CT molecular complexity index is 575. The zero-order chi connectivity index (χ0) is 13.8. The molecule has 2 nitrogen and oxygen atoms in total. The van der Waals surface area contributed by atoms with Gasteiger partial charge < -0.3 is 0 Å². The van der Waals surface area contributed by atoms with Gasteiger partial charge in [-0.05, 0) is 64.4 Å². The van der Waals surface area contributed by atoms with Crippen LogP contribution in [0.3, 0.4) is 0 Å². The molecular weight excluding hydrogens is 394 g/mol. The quantitative estimate of drug-likeness (QED) is 0.450. The highest BCUT2D eigenvalue weighted by atomic mass is 127. The SMILES string of the molecule is NNC(Cc1ccc(Cl)c(Cl)c1)c1cccc(I)c1. The number of nitrogens with two attached hydrogens (primary N) is 1. The van der Waals surface area contributed by atoms with E-state index in [4.69, 9.17) is 29.0 Å². The van der Waals surface area contributed by atoms with Crippen LogP contribution in [-0.4, -0.2) is 0 Å². The van der Waals surface area contributed by atoms with Crippen LogP contribution in [0.5, 0.6) is 0 Å². The van der Waals surface area contributed by atoms with Crippen LogP contribution in [0.15, 0.2) is 42.5 Å². The highest BCUT2D eigenvalue weighted by Crippen LogP contribution is 2.26. The van der Waals surface area contributed by atoms with E-state index < -0.39 is 0 Å². The summed E-state index contributed by atoms with van der Waals surface area (Å²) < 4.78 is 1.18. The fourth-order valence-corrected chi connectivity index (χ4v) is 2.79. The van der Waals surface area contributed by atoms with E-state index in [0.717, 1.165) is 17.5 Å². The van der Waals surface area contributed by atoms with Crippen molar-refractivity contribution in [2.24, 2.45) is 5.84 Å². The third-order valence-electron chi connectivity index (χ3n) is 2.88. The summed E-state index contributed by atoms with van der Waals surface area (Å²) >= 11 is 14.2. The zero-order valence-corrected chi connectivity index (χ0v) is 13.7. The lowest BCUT2D eigenvalue weighted by Gasteiger charge is -2.17. The summed E-state index contributed by atoms with van der Waals surface area (Å²) in [6, 6.07) is 13.9. The van der Waals surface area contributed by atoms with Crippen LogP contribution < -0.4 is 11.3 Å². The Morgan fingerprint density at radius 2 is 1.89 bits per heavy atom. The van der Waals surface area contributed by atoms with Crippen LogP contribution in [0.4, 0.5) is 0 Å². The fraction of sp³-hybridized carbons (Fsp3) is 0.143. The van der Waals surface area contributed by atoms with Crippen molar-refractivity contribution in [2.45, 2.75) is 12.5 Å². The van der Waals surface area contributed by atoms with Gasteiger partial charge in [0.05, 0.1) is 16.1 Å². The number of hydrogen-bond acceptors (Lipinski definition) is 2. The largest absolute Gasteiger partial charge is 0.271 e. The lowest BCUT2D eigenvalue weighted by molar-refractivity contribution is 0.552. The van der Waals surface area contributed by atoms with E-state index in [-0.39, 0.29) is 6.04 Å². The molecule has 19 heavy (non-hydrogen) atoms. The summed E-state index contributed by atoms with van der Waals surface area (Å²) in [6.07, 6.45) is 0.757. The second-order valence-corrected chi connectivity index (χ2v) is 6.29. The second-order valence-electron chi connectivity index (χ2n) is 4.23. The van der Waals surface area contributed by atoms with Gasteiger partial charge in [0, 0.05) is 3.57 Å². The first-order valence-electron chi connectivity index (χ1n) is 5.75. The minimum atomic E-state index is 0.0481. The van der Waals surface area contributed by atoms with Gasteiger partial charge >= 0.3 is 0 Å². The van der Waals surface area contributed by atoms with E-state index in [0.29, 0.717) is 10.0 Å². The van der Waals surface area contributed by atoms with E-state index in [9.17, 15) is 0 Å². The maximum absolute atomic E-state index is 6.03. The second kappa shape index (κ2) is 6.90. The number of rotatable bonds is 4. The van der Waals surface area contributed by atoms with Crippen molar-refractivity contribution in [3.05, 3.63) is 67.2 Å². The van der Waals surface area contributed by atoms with Crippen molar-refractivity contribution in [3.63, 3.8) is 0 Å². The van der Waals surface area contributed by atoms with Gasteiger partial charge in [0.25, 0.3) is 0 Å². The average molecular weight is 407 g/mol. The summed E-state index contributed by atoms with van der Waals surface area (Å²) in [7, 11) is 0. The predicted octanol–water partition coefficient (Wildman–Crippen LogP) is 4.35. The standard InChI is InChI=1S/C14H13Cl2IN2/c15-12-5-4-9(6-13(12)16)7-14(19-18)10-2-1-3-11(17)8-10/h1-6,8,14,19H,7,18H2. The minimum Gasteiger partial charge on any atom is -0.271 e. The molecule has 2 aromatic rings. The molecule has 3 N–H and O–H groups in total. The molecule has 0 aliphatic carbocycles. The lowest BCUT2D eigenvalue weighted by atomic mass is 9.99. The third kappa shape index (κ3) is 4.07. The zero-order valence-electron chi connectivity index (χ0n) is 10.0. The van der Waals surface area contributed by atoms with Gasteiger partial charge in [-0.1, -0.05) is 41.4 Å². The summed E-state index contributed by atoms with van der Waals surface area (Å²) in [4.78, 5) is 0. The lowest BCUT2D eigenvalue weighted by Crippen LogP contribution is -2.29. The summed E-state index contributed by atoms with van der Waals surface area (Å²) in [5, 5.41) is 1.13. The molecule has 0 aliphatic heterocycles. The minimum absolute atomic E-state index is 0.0481. The molecule has 0 spiro atoms. The summed E-state index contributed by atoms with van der Waals surface area (Å²) in [6.45, 7) is 0.